The average Bonchev–Trinajstić information content (AvgIpc) is 2.79. The van der Waals surface area contributed by atoms with Crippen LogP contribution in [0.4, 0.5) is 0 Å². The number of carbonyl (C=O) groups excluding carboxylic acids is 2. The van der Waals surface area contributed by atoms with Crippen LogP contribution < -0.4 is 0 Å². The largest absolute Gasteiger partial charge is 0.384 e. The van der Waals surface area contributed by atoms with Crippen molar-refractivity contribution in [2.45, 2.75) is 70.8 Å². The third-order valence-electron chi connectivity index (χ3n) is 8.35. The van der Waals surface area contributed by atoms with E-state index in [0.29, 0.717) is 30.0 Å². The van der Waals surface area contributed by atoms with E-state index in [4.69, 9.17) is 0 Å². The van der Waals surface area contributed by atoms with Crippen molar-refractivity contribution in [2.24, 2.45) is 28.6 Å². The minimum Gasteiger partial charge on any atom is -0.384 e. The van der Waals surface area contributed by atoms with E-state index in [1.54, 1.807) is 0 Å². The first-order valence-electron chi connectivity index (χ1n) is 9.18. The molecular formula is C20H28O3. The maximum Gasteiger partial charge on any atom is 0.139 e. The summed E-state index contributed by atoms with van der Waals surface area (Å²) in [5, 5.41) is 11.4. The molecule has 6 atom stereocenters. The predicted octanol–water partition coefficient (Wildman–Crippen LogP) is 3.45. The van der Waals surface area contributed by atoms with Crippen LogP contribution in [0.5, 0.6) is 0 Å². The normalized spacial score (nSPS) is 52.8. The zero-order chi connectivity index (χ0) is 16.6. The third kappa shape index (κ3) is 1.75. The van der Waals surface area contributed by atoms with E-state index in [1.807, 2.05) is 0 Å². The van der Waals surface area contributed by atoms with Gasteiger partial charge in [-0.15, -0.1) is 0 Å². The second kappa shape index (κ2) is 4.56. The molecule has 0 saturated heterocycles. The first kappa shape index (κ1) is 15.6. The minimum absolute atomic E-state index is 0.155. The van der Waals surface area contributed by atoms with Crippen molar-refractivity contribution in [1.82, 2.24) is 0 Å². The Kier molecular flexibility index (Phi) is 3.09. The molecule has 126 valence electrons. The summed E-state index contributed by atoms with van der Waals surface area (Å²) in [6, 6.07) is 0. The Morgan fingerprint density at radius 1 is 1.09 bits per heavy atom. The molecule has 0 aromatic heterocycles. The molecule has 0 amide bonds. The quantitative estimate of drug-likeness (QED) is 0.696. The van der Waals surface area contributed by atoms with Crippen LogP contribution in [0.2, 0.25) is 0 Å². The summed E-state index contributed by atoms with van der Waals surface area (Å²) in [6.45, 7) is 8.56. The summed E-state index contributed by atoms with van der Waals surface area (Å²) in [6.07, 6.45) is 6.04. The lowest BCUT2D eigenvalue weighted by atomic mass is 9.43. The second-order valence-corrected chi connectivity index (χ2v) is 9.10. The minimum atomic E-state index is -1.03. The molecule has 0 aromatic rings. The van der Waals surface area contributed by atoms with Crippen molar-refractivity contribution in [3.8, 4) is 0 Å². The average molecular weight is 316 g/mol. The van der Waals surface area contributed by atoms with E-state index in [9.17, 15) is 14.7 Å². The maximum atomic E-state index is 12.4. The van der Waals surface area contributed by atoms with Gasteiger partial charge >= 0.3 is 0 Å². The van der Waals surface area contributed by atoms with E-state index in [2.05, 4.69) is 20.4 Å². The van der Waals surface area contributed by atoms with Gasteiger partial charge in [-0.25, -0.2) is 0 Å². The summed E-state index contributed by atoms with van der Waals surface area (Å²) in [7, 11) is 0. The van der Waals surface area contributed by atoms with Crippen molar-refractivity contribution >= 4 is 11.6 Å². The summed E-state index contributed by atoms with van der Waals surface area (Å²) in [4.78, 5) is 24.4. The molecule has 0 radical (unpaired) electrons. The van der Waals surface area contributed by atoms with Crippen LogP contribution in [-0.2, 0) is 9.59 Å². The third-order valence-corrected chi connectivity index (χ3v) is 8.35. The van der Waals surface area contributed by atoms with Gasteiger partial charge in [-0.2, -0.15) is 0 Å². The Balaban J connectivity index is 1.75. The Hall–Kier alpha value is -0.960. The van der Waals surface area contributed by atoms with Gasteiger partial charge in [0.15, 0.2) is 0 Å². The molecule has 0 aromatic carbocycles. The maximum absolute atomic E-state index is 12.4. The Morgan fingerprint density at radius 2 is 1.83 bits per heavy atom. The highest BCUT2D eigenvalue weighted by atomic mass is 16.3. The van der Waals surface area contributed by atoms with Crippen LogP contribution in [0.1, 0.15) is 65.2 Å². The molecule has 4 aliphatic carbocycles. The number of carbonyl (C=O) groups is 2. The van der Waals surface area contributed by atoms with E-state index < -0.39 is 5.60 Å². The summed E-state index contributed by atoms with van der Waals surface area (Å²) >= 11 is 0. The summed E-state index contributed by atoms with van der Waals surface area (Å²) < 4.78 is 0. The fourth-order valence-electron chi connectivity index (χ4n) is 6.79. The lowest BCUT2D eigenvalue weighted by Gasteiger charge is -2.63. The molecule has 23 heavy (non-hydrogen) atoms. The first-order chi connectivity index (χ1) is 10.7. The smallest absolute Gasteiger partial charge is 0.139 e. The monoisotopic (exact) mass is 316 g/mol. The summed E-state index contributed by atoms with van der Waals surface area (Å²) in [5.74, 6) is 1.91. The van der Waals surface area contributed by atoms with Gasteiger partial charge < -0.3 is 5.11 Å². The van der Waals surface area contributed by atoms with Crippen LogP contribution in [0.25, 0.3) is 0 Å². The zero-order valence-corrected chi connectivity index (χ0v) is 14.4. The molecule has 3 heteroatoms. The Morgan fingerprint density at radius 3 is 2.57 bits per heavy atom. The van der Waals surface area contributed by atoms with Gasteiger partial charge in [0.1, 0.15) is 11.6 Å². The second-order valence-electron chi connectivity index (χ2n) is 9.10. The molecular weight excluding hydrogens is 288 g/mol. The number of Topliss-reactive ketones (excluding diaryl/α,β-unsaturated/α-hetero) is 2. The number of rotatable bonds is 0. The van der Waals surface area contributed by atoms with Crippen molar-refractivity contribution in [2.75, 3.05) is 0 Å². The molecule has 4 saturated carbocycles. The fraction of sp³-hybridized carbons (Fsp3) is 0.800. The number of fused-ring (bicyclic) bond motifs is 5. The van der Waals surface area contributed by atoms with Crippen molar-refractivity contribution in [3.05, 3.63) is 12.2 Å². The van der Waals surface area contributed by atoms with Crippen LogP contribution >= 0.6 is 0 Å². The van der Waals surface area contributed by atoms with Gasteiger partial charge in [0.05, 0.1) is 5.60 Å². The molecule has 3 nitrogen and oxygen atoms in total. The molecule has 1 unspecified atom stereocenters. The number of ketones is 2. The SMILES string of the molecule is C=C1C[C@@H]2[C@@H](CC[C@]3(C)C(=O)CC[C@@H]23)[C@@]2(C)CCC(=O)CC12O. The molecule has 0 bridgehead atoms. The Bertz CT molecular complexity index is 608. The summed E-state index contributed by atoms with van der Waals surface area (Å²) in [5.41, 5.74) is -0.594. The van der Waals surface area contributed by atoms with Gasteiger partial charge in [-0.1, -0.05) is 20.4 Å². The van der Waals surface area contributed by atoms with Gasteiger partial charge in [0.2, 0.25) is 0 Å². The fourth-order valence-corrected chi connectivity index (χ4v) is 6.79. The van der Waals surface area contributed by atoms with Crippen molar-refractivity contribution < 1.29 is 14.7 Å². The molecule has 4 fully saturated rings. The number of hydrogen-bond acceptors (Lipinski definition) is 3. The highest BCUT2D eigenvalue weighted by molar-refractivity contribution is 5.87. The van der Waals surface area contributed by atoms with Gasteiger partial charge in [0, 0.05) is 30.1 Å². The molecule has 0 heterocycles. The molecule has 4 aliphatic rings. The lowest BCUT2D eigenvalue weighted by molar-refractivity contribution is -0.177. The molecule has 0 aliphatic heterocycles. The van der Waals surface area contributed by atoms with Gasteiger partial charge in [-0.05, 0) is 55.4 Å². The van der Waals surface area contributed by atoms with Gasteiger partial charge in [-0.3, -0.25) is 9.59 Å². The first-order valence-corrected chi connectivity index (χ1v) is 9.18. The van der Waals surface area contributed by atoms with E-state index >= 15 is 0 Å². The van der Waals surface area contributed by atoms with Crippen LogP contribution in [-0.4, -0.2) is 22.3 Å². The molecule has 4 rings (SSSR count). The van der Waals surface area contributed by atoms with E-state index in [-0.39, 0.29) is 23.0 Å². The zero-order valence-electron chi connectivity index (χ0n) is 14.4. The predicted molar refractivity (Wildman–Crippen MR) is 87.7 cm³/mol. The topological polar surface area (TPSA) is 54.4 Å². The number of hydrogen-bond donors (Lipinski definition) is 1. The lowest BCUT2D eigenvalue weighted by Crippen LogP contribution is -2.63. The van der Waals surface area contributed by atoms with E-state index in [1.165, 1.54) is 0 Å². The van der Waals surface area contributed by atoms with Crippen LogP contribution in [0.15, 0.2) is 12.2 Å². The van der Waals surface area contributed by atoms with E-state index in [0.717, 1.165) is 44.1 Å². The molecule has 1 N–H and O–H groups in total. The van der Waals surface area contributed by atoms with Crippen molar-refractivity contribution in [3.63, 3.8) is 0 Å². The number of aliphatic hydroxyl groups is 1. The highest BCUT2D eigenvalue weighted by Crippen LogP contribution is 2.67. The van der Waals surface area contributed by atoms with Gasteiger partial charge in [0.25, 0.3) is 0 Å². The Labute approximate surface area is 138 Å². The highest BCUT2D eigenvalue weighted by Gasteiger charge is 2.65. The standard InChI is InChI=1S/C20H28O3/c1-12-10-14-15-4-5-17(22)18(15,2)8-7-16(14)19(3)9-6-13(21)11-20(12,19)23/h14-16,23H,1,4-11H2,2-3H3/t14-,15-,16+,18-,19+,20?/m0/s1. The van der Waals surface area contributed by atoms with Crippen LogP contribution in [0.3, 0.4) is 0 Å². The molecule has 0 spiro atoms. The van der Waals surface area contributed by atoms with Crippen LogP contribution in [0, 0.1) is 28.6 Å². The van der Waals surface area contributed by atoms with Crippen molar-refractivity contribution in [1.29, 1.82) is 0 Å².